The predicted octanol–water partition coefficient (Wildman–Crippen LogP) is 4.47. The van der Waals surface area contributed by atoms with Gasteiger partial charge >= 0.3 is 10.4 Å². The topological polar surface area (TPSA) is 63.6 Å². The third-order valence-electron chi connectivity index (χ3n) is 4.19. The van der Waals surface area contributed by atoms with Crippen LogP contribution in [0, 0.1) is 0 Å². The van der Waals surface area contributed by atoms with E-state index in [9.17, 15) is 8.42 Å². The highest BCUT2D eigenvalue weighted by Crippen LogP contribution is 2.34. The molecular weight excluding hydrogens is 324 g/mol. The minimum atomic E-state index is -4.50. The second-order valence-corrected chi connectivity index (χ2v) is 6.75. The van der Waals surface area contributed by atoms with Gasteiger partial charge in [-0.1, -0.05) is 60.7 Å². The molecule has 0 aromatic heterocycles. The number of rotatable bonds is 3. The Labute approximate surface area is 139 Å². The first kappa shape index (κ1) is 15.1. The molecule has 0 unspecified atom stereocenters. The maximum Gasteiger partial charge on any atom is 0.397 e. The van der Waals surface area contributed by atoms with Crippen LogP contribution in [-0.2, 0) is 21.2 Å². The van der Waals surface area contributed by atoms with E-state index in [1.165, 1.54) is 0 Å². The normalized spacial score (nSPS) is 12.2. The smallest absolute Gasteiger partial charge is 0.264 e. The lowest BCUT2D eigenvalue weighted by Gasteiger charge is -2.13. The lowest BCUT2D eigenvalue weighted by molar-refractivity contribution is 0.260. The Kier molecular flexibility index (Phi) is 3.49. The molecule has 120 valence electrons. The molecule has 0 spiro atoms. The van der Waals surface area contributed by atoms with Gasteiger partial charge in [0.1, 0.15) is 0 Å². The summed E-state index contributed by atoms with van der Waals surface area (Å²) in [6, 6.07) is 21.9. The van der Waals surface area contributed by atoms with Crippen LogP contribution < -0.4 is 0 Å². The molecule has 0 fully saturated rings. The summed E-state index contributed by atoms with van der Waals surface area (Å²) in [6.45, 7) is -0.214. The highest BCUT2D eigenvalue weighted by molar-refractivity contribution is 7.80. The van der Waals surface area contributed by atoms with E-state index in [0.717, 1.165) is 37.9 Å². The average molecular weight is 338 g/mol. The number of benzene rings is 4. The zero-order chi connectivity index (χ0) is 16.7. The van der Waals surface area contributed by atoms with Crippen molar-refractivity contribution in [3.63, 3.8) is 0 Å². The van der Waals surface area contributed by atoms with E-state index >= 15 is 0 Å². The maximum atomic E-state index is 11.0. The summed E-state index contributed by atoms with van der Waals surface area (Å²) in [6.07, 6.45) is 0. The largest absolute Gasteiger partial charge is 0.397 e. The number of hydrogen-bond donors (Lipinski definition) is 1. The van der Waals surface area contributed by atoms with Crippen LogP contribution >= 0.6 is 0 Å². The molecule has 0 bridgehead atoms. The molecule has 4 aromatic carbocycles. The van der Waals surface area contributed by atoms with Crippen molar-refractivity contribution in [2.75, 3.05) is 0 Å². The molecule has 4 rings (SSSR count). The molecule has 5 heteroatoms. The summed E-state index contributed by atoms with van der Waals surface area (Å²) >= 11 is 0. The summed E-state index contributed by atoms with van der Waals surface area (Å²) in [5.74, 6) is 0. The molecule has 0 aliphatic rings. The summed E-state index contributed by atoms with van der Waals surface area (Å²) in [5.41, 5.74) is 0.720. The molecule has 0 aliphatic heterocycles. The van der Waals surface area contributed by atoms with Crippen molar-refractivity contribution < 1.29 is 17.2 Å². The first-order valence-electron chi connectivity index (χ1n) is 7.47. The van der Waals surface area contributed by atoms with Crippen LogP contribution in [0.4, 0.5) is 0 Å². The Bertz CT molecular complexity index is 1180. The van der Waals surface area contributed by atoms with Crippen molar-refractivity contribution >= 4 is 42.7 Å². The monoisotopic (exact) mass is 338 g/mol. The standard InChI is InChI=1S/C19H14O4S/c20-24(21,22)23-12-15-11-14-6-2-3-7-16(14)18-10-9-13-5-1-4-8-17(13)19(15)18/h1-11H,12H2,(H,20,21,22). The van der Waals surface area contributed by atoms with Gasteiger partial charge in [-0.05, 0) is 43.9 Å². The quantitative estimate of drug-likeness (QED) is 0.442. The first-order valence-corrected chi connectivity index (χ1v) is 8.83. The molecule has 4 nitrogen and oxygen atoms in total. The molecule has 0 aliphatic carbocycles. The molecule has 0 saturated carbocycles. The number of hydrogen-bond acceptors (Lipinski definition) is 3. The van der Waals surface area contributed by atoms with Crippen LogP contribution in [0.5, 0.6) is 0 Å². The van der Waals surface area contributed by atoms with Gasteiger partial charge in [0, 0.05) is 0 Å². The van der Waals surface area contributed by atoms with Crippen molar-refractivity contribution in [1.82, 2.24) is 0 Å². The summed E-state index contributed by atoms with van der Waals surface area (Å²) in [5, 5.41) is 6.14. The SMILES string of the molecule is O=S(=O)(O)OCc1cc2ccccc2c2ccc3ccccc3c12. The Balaban J connectivity index is 2.11. The van der Waals surface area contributed by atoms with Crippen LogP contribution in [0.15, 0.2) is 66.7 Å². The fourth-order valence-electron chi connectivity index (χ4n) is 3.22. The van der Waals surface area contributed by atoms with Gasteiger partial charge in [0.25, 0.3) is 0 Å². The van der Waals surface area contributed by atoms with E-state index < -0.39 is 10.4 Å². The average Bonchev–Trinajstić information content (AvgIpc) is 2.58. The third kappa shape index (κ3) is 2.63. The minimum absolute atomic E-state index is 0.214. The van der Waals surface area contributed by atoms with E-state index in [4.69, 9.17) is 4.55 Å². The molecule has 0 amide bonds. The van der Waals surface area contributed by atoms with Gasteiger partial charge in [-0.25, -0.2) is 4.18 Å². The number of fused-ring (bicyclic) bond motifs is 5. The van der Waals surface area contributed by atoms with Gasteiger partial charge in [0.05, 0.1) is 6.61 Å². The van der Waals surface area contributed by atoms with E-state index in [2.05, 4.69) is 10.2 Å². The first-order chi connectivity index (χ1) is 11.5. The Hall–Kier alpha value is -2.47. The fourth-order valence-corrected chi connectivity index (χ4v) is 3.50. The van der Waals surface area contributed by atoms with E-state index in [0.29, 0.717) is 0 Å². The van der Waals surface area contributed by atoms with Gasteiger partial charge in [0.2, 0.25) is 0 Å². The Morgan fingerprint density at radius 3 is 2.21 bits per heavy atom. The van der Waals surface area contributed by atoms with Crippen molar-refractivity contribution in [3.8, 4) is 0 Å². The second kappa shape index (κ2) is 5.56. The minimum Gasteiger partial charge on any atom is -0.264 e. The third-order valence-corrected chi connectivity index (χ3v) is 4.61. The van der Waals surface area contributed by atoms with Crippen LogP contribution in [-0.4, -0.2) is 13.0 Å². The van der Waals surface area contributed by atoms with Crippen LogP contribution in [0.1, 0.15) is 5.56 Å². The van der Waals surface area contributed by atoms with E-state index in [1.807, 2.05) is 60.7 Å². The van der Waals surface area contributed by atoms with Gasteiger partial charge in [-0.2, -0.15) is 8.42 Å². The van der Waals surface area contributed by atoms with Crippen molar-refractivity contribution in [1.29, 1.82) is 0 Å². The summed E-state index contributed by atoms with van der Waals surface area (Å²) < 4.78 is 35.6. The highest BCUT2D eigenvalue weighted by Gasteiger charge is 2.13. The van der Waals surface area contributed by atoms with Crippen molar-refractivity contribution in [2.24, 2.45) is 0 Å². The molecule has 0 radical (unpaired) electrons. The predicted molar refractivity (Wildman–Crippen MR) is 95.3 cm³/mol. The maximum absolute atomic E-state index is 11.0. The van der Waals surface area contributed by atoms with E-state index in [1.54, 1.807) is 0 Å². The van der Waals surface area contributed by atoms with Crippen molar-refractivity contribution in [2.45, 2.75) is 6.61 Å². The molecule has 4 aromatic rings. The van der Waals surface area contributed by atoms with Crippen molar-refractivity contribution in [3.05, 3.63) is 72.3 Å². The summed E-state index contributed by atoms with van der Waals surface area (Å²) in [7, 11) is -4.50. The highest BCUT2D eigenvalue weighted by atomic mass is 32.3. The van der Waals surface area contributed by atoms with Crippen LogP contribution in [0.3, 0.4) is 0 Å². The molecule has 1 N–H and O–H groups in total. The molecule has 24 heavy (non-hydrogen) atoms. The van der Waals surface area contributed by atoms with Crippen LogP contribution in [0.2, 0.25) is 0 Å². The van der Waals surface area contributed by atoms with Gasteiger partial charge in [-0.15, -0.1) is 0 Å². The summed E-state index contributed by atoms with van der Waals surface area (Å²) in [4.78, 5) is 0. The van der Waals surface area contributed by atoms with Gasteiger partial charge < -0.3 is 0 Å². The molecule has 0 heterocycles. The zero-order valence-electron chi connectivity index (χ0n) is 12.6. The Morgan fingerprint density at radius 1 is 0.792 bits per heavy atom. The molecule has 0 saturated heterocycles. The molecular formula is C19H14O4S. The lowest BCUT2D eigenvalue weighted by Crippen LogP contribution is -2.04. The van der Waals surface area contributed by atoms with Gasteiger partial charge in [0.15, 0.2) is 0 Å². The molecule has 0 atom stereocenters. The Morgan fingerprint density at radius 2 is 1.46 bits per heavy atom. The lowest BCUT2D eigenvalue weighted by atomic mass is 9.93. The van der Waals surface area contributed by atoms with E-state index in [-0.39, 0.29) is 6.61 Å². The second-order valence-electron chi connectivity index (χ2n) is 5.66. The van der Waals surface area contributed by atoms with Crippen LogP contribution in [0.25, 0.3) is 32.3 Å². The van der Waals surface area contributed by atoms with Gasteiger partial charge in [-0.3, -0.25) is 4.55 Å². The zero-order valence-corrected chi connectivity index (χ0v) is 13.5. The fraction of sp³-hybridized carbons (Fsp3) is 0.0526.